The van der Waals surface area contributed by atoms with Crippen LogP contribution in [0.5, 0.6) is 0 Å². The fourth-order valence-electron chi connectivity index (χ4n) is 4.33. The van der Waals surface area contributed by atoms with E-state index >= 15 is 0 Å². The molecule has 3 atom stereocenters. The van der Waals surface area contributed by atoms with Gasteiger partial charge in [-0.05, 0) is 68.8 Å². The molecule has 4 nitrogen and oxygen atoms in total. The van der Waals surface area contributed by atoms with Gasteiger partial charge in [0.25, 0.3) is 0 Å². The van der Waals surface area contributed by atoms with Crippen LogP contribution in [0, 0.1) is 17.3 Å². The van der Waals surface area contributed by atoms with Gasteiger partial charge in [0.1, 0.15) is 5.60 Å². The number of ether oxygens (including phenoxy) is 2. The first-order chi connectivity index (χ1) is 11.0. The van der Waals surface area contributed by atoms with Crippen LogP contribution in [0.1, 0.15) is 53.9 Å². The summed E-state index contributed by atoms with van der Waals surface area (Å²) < 4.78 is 12.1. The molecule has 0 N–H and O–H groups in total. The van der Waals surface area contributed by atoms with Crippen LogP contribution in [-0.4, -0.2) is 46.4 Å². The maximum absolute atomic E-state index is 12.6. The number of rotatable bonds is 4. The minimum absolute atomic E-state index is 0.131. The predicted octanol–water partition coefficient (Wildman–Crippen LogP) is 4.71. The zero-order valence-corrected chi connectivity index (χ0v) is 17.4. The summed E-state index contributed by atoms with van der Waals surface area (Å²) in [4.78, 5) is 14.5. The van der Waals surface area contributed by atoms with Gasteiger partial charge in [0, 0.05) is 12.6 Å². The molecular weight excluding hydrogens is 342 g/mol. The minimum Gasteiger partial charge on any atom is -0.478 e. The fraction of sp³-hybridized carbons (Fsp3) is 0.889. The molecule has 2 rings (SSSR count). The zero-order chi connectivity index (χ0) is 18.1. The van der Waals surface area contributed by atoms with Gasteiger partial charge in [-0.25, -0.2) is 4.79 Å². The molecule has 24 heavy (non-hydrogen) atoms. The van der Waals surface area contributed by atoms with Gasteiger partial charge in [0.15, 0.2) is 0 Å². The fourth-order valence-corrected chi connectivity index (χ4v) is 4.58. The Kier molecular flexibility index (Phi) is 6.12. The molecule has 1 aliphatic carbocycles. The van der Waals surface area contributed by atoms with Gasteiger partial charge in [-0.2, -0.15) is 0 Å². The van der Waals surface area contributed by atoms with Crippen molar-refractivity contribution in [3.05, 3.63) is 0 Å². The third kappa shape index (κ3) is 5.25. The molecule has 1 saturated carbocycles. The molecule has 0 aromatic heterocycles. The molecule has 0 aromatic rings. The number of fused-ring (bicyclic) bond motifs is 2. The molecule has 1 aliphatic heterocycles. The summed E-state index contributed by atoms with van der Waals surface area (Å²) in [6.45, 7) is 12.0. The summed E-state index contributed by atoms with van der Waals surface area (Å²) in [7, 11) is 0. The van der Waals surface area contributed by atoms with Crippen LogP contribution < -0.4 is 0 Å². The molecule has 1 saturated heterocycles. The van der Waals surface area contributed by atoms with E-state index in [1.807, 2.05) is 25.0 Å². The maximum Gasteiger partial charge on any atom is 0.410 e. The van der Waals surface area contributed by atoms with Crippen LogP contribution in [-0.2, 0) is 9.47 Å². The number of amides is 1. The predicted molar refractivity (Wildman–Crippen MR) is 103 cm³/mol. The van der Waals surface area contributed by atoms with E-state index in [4.69, 9.17) is 21.7 Å². The van der Waals surface area contributed by atoms with Crippen LogP contribution in [0.25, 0.3) is 0 Å². The SMILES string of the molecule is CSC(=S)OCC1CC2CC1CN2C(=O)OC(C)(C)CC(C)(C)C. The molecule has 0 spiro atoms. The number of likely N-dealkylation sites (tertiary alicyclic amines) is 1. The molecular formula is C18H31NO3S2. The summed E-state index contributed by atoms with van der Waals surface area (Å²) >= 11 is 6.57. The first kappa shape index (κ1) is 19.8. The number of piperidine rings is 1. The van der Waals surface area contributed by atoms with Crippen molar-refractivity contribution < 1.29 is 14.3 Å². The first-order valence-electron chi connectivity index (χ1n) is 8.71. The Balaban J connectivity index is 1.84. The van der Waals surface area contributed by atoms with Gasteiger partial charge >= 0.3 is 6.09 Å². The second-order valence-electron chi connectivity index (χ2n) is 8.93. The van der Waals surface area contributed by atoms with E-state index in [-0.39, 0.29) is 11.5 Å². The third-order valence-electron chi connectivity index (χ3n) is 4.82. The molecule has 0 radical (unpaired) electrons. The van der Waals surface area contributed by atoms with Crippen molar-refractivity contribution in [2.45, 2.75) is 65.5 Å². The number of nitrogens with zero attached hydrogens (tertiary/aromatic N) is 1. The highest BCUT2D eigenvalue weighted by atomic mass is 32.2. The average molecular weight is 374 g/mol. The highest BCUT2D eigenvalue weighted by molar-refractivity contribution is 8.22. The van der Waals surface area contributed by atoms with Crippen LogP contribution in [0.3, 0.4) is 0 Å². The van der Waals surface area contributed by atoms with Crippen LogP contribution in [0.4, 0.5) is 4.79 Å². The van der Waals surface area contributed by atoms with E-state index in [1.54, 1.807) is 0 Å². The van der Waals surface area contributed by atoms with E-state index in [1.165, 1.54) is 11.8 Å². The van der Waals surface area contributed by atoms with Gasteiger partial charge in [0.05, 0.1) is 6.61 Å². The van der Waals surface area contributed by atoms with Gasteiger partial charge in [-0.3, -0.25) is 0 Å². The Labute approximate surface area is 156 Å². The number of carbonyl (C=O) groups is 1. The Hall–Kier alpha value is -0.490. The van der Waals surface area contributed by atoms with Gasteiger partial charge in [-0.1, -0.05) is 32.5 Å². The van der Waals surface area contributed by atoms with Crippen molar-refractivity contribution in [3.8, 4) is 0 Å². The lowest BCUT2D eigenvalue weighted by atomic mass is 9.84. The number of carbonyl (C=O) groups excluding carboxylic acids is 1. The standard InChI is InChI=1S/C18H31NO3S2/c1-17(2,3)11-18(4,5)22-15(20)19-9-12-7-14(19)8-13(12)10-21-16(23)24-6/h12-14H,7-11H2,1-6H3. The summed E-state index contributed by atoms with van der Waals surface area (Å²) in [5.74, 6) is 1.02. The van der Waals surface area contributed by atoms with E-state index in [0.717, 1.165) is 25.8 Å². The molecule has 138 valence electrons. The Morgan fingerprint density at radius 3 is 2.42 bits per heavy atom. The average Bonchev–Trinajstić information content (AvgIpc) is 3.00. The number of thiocarbonyl (C=S) groups is 1. The maximum atomic E-state index is 12.6. The number of thioether (sulfide) groups is 1. The molecule has 2 aliphatic rings. The summed E-state index contributed by atoms with van der Waals surface area (Å²) in [5.41, 5.74) is -0.309. The molecule has 2 fully saturated rings. The van der Waals surface area contributed by atoms with Crippen molar-refractivity contribution in [2.24, 2.45) is 17.3 Å². The van der Waals surface area contributed by atoms with E-state index in [9.17, 15) is 4.79 Å². The van der Waals surface area contributed by atoms with E-state index in [0.29, 0.717) is 28.9 Å². The third-order valence-corrected chi connectivity index (χ3v) is 5.89. The Morgan fingerprint density at radius 1 is 1.25 bits per heavy atom. The van der Waals surface area contributed by atoms with Gasteiger partial charge in [-0.15, -0.1) is 0 Å². The number of hydrogen-bond acceptors (Lipinski definition) is 5. The molecule has 1 heterocycles. The zero-order valence-electron chi connectivity index (χ0n) is 15.8. The molecule has 3 unspecified atom stereocenters. The lowest BCUT2D eigenvalue weighted by Crippen LogP contribution is -2.45. The lowest BCUT2D eigenvalue weighted by molar-refractivity contribution is -0.0165. The molecule has 6 heteroatoms. The smallest absolute Gasteiger partial charge is 0.410 e. The van der Waals surface area contributed by atoms with Crippen LogP contribution >= 0.6 is 24.0 Å². The van der Waals surface area contributed by atoms with Crippen molar-refractivity contribution >= 4 is 34.5 Å². The van der Waals surface area contributed by atoms with Crippen molar-refractivity contribution in [1.82, 2.24) is 4.90 Å². The normalized spacial score (nSPS) is 26.6. The van der Waals surface area contributed by atoms with Crippen LogP contribution in [0.15, 0.2) is 0 Å². The van der Waals surface area contributed by atoms with Gasteiger partial charge in [0.2, 0.25) is 4.38 Å². The second kappa shape index (κ2) is 7.40. The molecule has 0 aromatic carbocycles. The molecule has 1 amide bonds. The minimum atomic E-state index is -0.440. The molecule has 2 bridgehead atoms. The highest BCUT2D eigenvalue weighted by Crippen LogP contribution is 2.43. The Bertz CT molecular complexity index is 487. The van der Waals surface area contributed by atoms with Crippen LogP contribution in [0.2, 0.25) is 0 Å². The Morgan fingerprint density at radius 2 is 1.92 bits per heavy atom. The summed E-state index contributed by atoms with van der Waals surface area (Å²) in [6, 6.07) is 0.296. The van der Waals surface area contributed by atoms with E-state index < -0.39 is 5.60 Å². The largest absolute Gasteiger partial charge is 0.478 e. The summed E-state index contributed by atoms with van der Waals surface area (Å²) in [6.07, 6.45) is 4.68. The monoisotopic (exact) mass is 373 g/mol. The topological polar surface area (TPSA) is 38.8 Å². The lowest BCUT2D eigenvalue weighted by Gasteiger charge is -2.36. The van der Waals surface area contributed by atoms with Gasteiger partial charge < -0.3 is 14.4 Å². The second-order valence-corrected chi connectivity index (χ2v) is 10.3. The van der Waals surface area contributed by atoms with E-state index in [2.05, 4.69) is 20.8 Å². The summed E-state index contributed by atoms with van der Waals surface area (Å²) in [5, 5.41) is 0. The van der Waals surface area contributed by atoms with Crippen molar-refractivity contribution in [1.29, 1.82) is 0 Å². The highest BCUT2D eigenvalue weighted by Gasteiger charge is 2.48. The number of hydrogen-bond donors (Lipinski definition) is 0. The van der Waals surface area contributed by atoms with Crippen molar-refractivity contribution in [2.75, 3.05) is 19.4 Å². The van der Waals surface area contributed by atoms with Crippen molar-refractivity contribution in [3.63, 3.8) is 0 Å². The quantitative estimate of drug-likeness (QED) is 0.667. The first-order valence-corrected chi connectivity index (χ1v) is 10.3.